The van der Waals surface area contributed by atoms with Crippen molar-refractivity contribution in [1.82, 2.24) is 0 Å². The van der Waals surface area contributed by atoms with Crippen molar-refractivity contribution >= 4 is 11.8 Å². The molecule has 2 aromatic rings. The first kappa shape index (κ1) is 21.5. The lowest BCUT2D eigenvalue weighted by atomic mass is 10.1. The molecule has 2 heterocycles. The van der Waals surface area contributed by atoms with Crippen LogP contribution >= 0.6 is 0 Å². The third-order valence-corrected chi connectivity index (χ3v) is 4.50. The summed E-state index contributed by atoms with van der Waals surface area (Å²) in [6, 6.07) is 11.4. The molecule has 0 aliphatic rings. The number of carbonyl (C=O) groups is 2. The highest BCUT2D eigenvalue weighted by Gasteiger charge is 2.07. The van der Waals surface area contributed by atoms with Gasteiger partial charge >= 0.3 is 0 Å². The van der Waals surface area contributed by atoms with E-state index in [2.05, 4.69) is 10.9 Å². The Morgan fingerprint density at radius 2 is 0.821 bits per heavy atom. The van der Waals surface area contributed by atoms with Crippen LogP contribution in [-0.4, -0.2) is 11.8 Å². The van der Waals surface area contributed by atoms with E-state index in [0.29, 0.717) is 12.8 Å². The summed E-state index contributed by atoms with van der Waals surface area (Å²) in [5.41, 5.74) is 5.67. The first-order valence-corrected chi connectivity index (χ1v) is 10.3. The Kier molecular flexibility index (Phi) is 10.3. The quantitative estimate of drug-likeness (QED) is 0.412. The molecule has 6 heteroatoms. The second kappa shape index (κ2) is 13.4. The van der Waals surface area contributed by atoms with Crippen molar-refractivity contribution < 1.29 is 18.9 Å². The van der Waals surface area contributed by atoms with Gasteiger partial charge in [-0.3, -0.25) is 9.59 Å². The lowest BCUT2D eigenvalue weighted by molar-refractivity contribution is -0.642. The van der Waals surface area contributed by atoms with Crippen LogP contribution < -0.4 is 20.2 Å². The number of hydrogen-bond acceptors (Lipinski definition) is 2. The summed E-state index contributed by atoms with van der Waals surface area (Å²) >= 11 is 0. The van der Waals surface area contributed by atoms with Gasteiger partial charge < -0.3 is 0 Å². The molecule has 0 radical (unpaired) electrons. The number of rotatable bonds is 13. The molecule has 28 heavy (non-hydrogen) atoms. The van der Waals surface area contributed by atoms with E-state index >= 15 is 0 Å². The Morgan fingerprint density at radius 1 is 0.500 bits per heavy atom. The summed E-state index contributed by atoms with van der Waals surface area (Å²) in [6.07, 6.45) is 17.2. The van der Waals surface area contributed by atoms with Crippen molar-refractivity contribution in [2.24, 2.45) is 0 Å². The molecular formula is C22H32N4O2+2. The van der Waals surface area contributed by atoms with Crippen LogP contribution in [0.3, 0.4) is 0 Å². The van der Waals surface area contributed by atoms with Crippen LogP contribution in [0.25, 0.3) is 0 Å². The number of amides is 2. The summed E-state index contributed by atoms with van der Waals surface area (Å²) in [4.78, 5) is 23.6. The zero-order valence-corrected chi connectivity index (χ0v) is 16.6. The van der Waals surface area contributed by atoms with Crippen LogP contribution in [0.15, 0.2) is 61.2 Å². The second-order valence-corrected chi connectivity index (χ2v) is 6.96. The van der Waals surface area contributed by atoms with E-state index in [1.807, 2.05) is 61.2 Å². The Morgan fingerprint density at radius 3 is 1.18 bits per heavy atom. The molecule has 0 aliphatic carbocycles. The summed E-state index contributed by atoms with van der Waals surface area (Å²) in [5.74, 6) is 0.117. The molecule has 0 atom stereocenters. The Hall–Kier alpha value is -2.76. The number of nitrogens with zero attached hydrogens (tertiary/aromatic N) is 2. The van der Waals surface area contributed by atoms with Crippen molar-refractivity contribution in [2.75, 3.05) is 10.9 Å². The molecule has 0 aliphatic heterocycles. The van der Waals surface area contributed by atoms with Gasteiger partial charge in [-0.2, -0.15) is 0 Å². The van der Waals surface area contributed by atoms with Crippen molar-refractivity contribution in [3.05, 3.63) is 61.2 Å². The van der Waals surface area contributed by atoms with Crippen molar-refractivity contribution in [1.29, 1.82) is 0 Å². The third kappa shape index (κ3) is 9.80. The predicted octanol–water partition coefficient (Wildman–Crippen LogP) is 3.00. The van der Waals surface area contributed by atoms with E-state index in [9.17, 15) is 9.59 Å². The summed E-state index contributed by atoms with van der Waals surface area (Å²) in [7, 11) is 0. The molecule has 2 amide bonds. The van der Waals surface area contributed by atoms with E-state index in [0.717, 1.165) is 38.5 Å². The van der Waals surface area contributed by atoms with E-state index < -0.39 is 0 Å². The van der Waals surface area contributed by atoms with Crippen LogP contribution in [0.4, 0.5) is 0 Å². The largest absolute Gasteiger partial charge is 0.274 e. The molecule has 0 saturated carbocycles. The van der Waals surface area contributed by atoms with E-state index in [4.69, 9.17) is 0 Å². The van der Waals surface area contributed by atoms with Gasteiger partial charge in [0.05, 0.1) is 0 Å². The molecule has 0 unspecified atom stereocenters. The van der Waals surface area contributed by atoms with Gasteiger partial charge in [0.15, 0.2) is 24.8 Å². The minimum absolute atomic E-state index is 0.0585. The average molecular weight is 385 g/mol. The highest BCUT2D eigenvalue weighted by atomic mass is 16.2. The van der Waals surface area contributed by atoms with E-state index in [-0.39, 0.29) is 11.8 Å². The monoisotopic (exact) mass is 384 g/mol. The third-order valence-electron chi connectivity index (χ3n) is 4.50. The standard InChI is InChI=1S/C22H30N4O2/c27-21(23-25-17-11-7-12-18-25)15-9-5-3-1-2-4-6-10-16-22(28)24-26-19-13-8-14-20-26/h7-8,11-14,17-20H,1-6,9-10,15-16H2/p+2. The van der Waals surface area contributed by atoms with Gasteiger partial charge in [0, 0.05) is 37.1 Å². The van der Waals surface area contributed by atoms with Crippen molar-refractivity contribution in [3.63, 3.8) is 0 Å². The first-order valence-electron chi connectivity index (χ1n) is 10.3. The number of hydrogen-bond donors (Lipinski definition) is 2. The fraction of sp³-hybridized carbons (Fsp3) is 0.455. The highest BCUT2D eigenvalue weighted by Crippen LogP contribution is 2.10. The van der Waals surface area contributed by atoms with Crippen LogP contribution in [0.2, 0.25) is 0 Å². The van der Waals surface area contributed by atoms with Crippen molar-refractivity contribution in [2.45, 2.75) is 64.2 Å². The molecule has 2 N–H and O–H groups in total. The zero-order chi connectivity index (χ0) is 19.9. The Labute approximate surface area is 167 Å². The minimum Gasteiger partial charge on any atom is -0.269 e. The SMILES string of the molecule is O=C(CCCCCCCCCCC(=O)N[n+]1ccccc1)N[n+]1ccccc1. The molecule has 0 fully saturated rings. The van der Waals surface area contributed by atoms with Crippen LogP contribution in [-0.2, 0) is 9.59 Å². The zero-order valence-electron chi connectivity index (χ0n) is 16.6. The molecule has 2 aromatic heterocycles. The number of carbonyl (C=O) groups excluding carboxylic acids is 2. The highest BCUT2D eigenvalue weighted by molar-refractivity contribution is 5.82. The molecule has 0 spiro atoms. The maximum absolute atomic E-state index is 11.8. The second-order valence-electron chi connectivity index (χ2n) is 6.96. The van der Waals surface area contributed by atoms with Gasteiger partial charge in [0.1, 0.15) is 0 Å². The van der Waals surface area contributed by atoms with E-state index in [1.165, 1.54) is 12.8 Å². The predicted molar refractivity (Wildman–Crippen MR) is 108 cm³/mol. The molecule has 150 valence electrons. The average Bonchev–Trinajstić information content (AvgIpc) is 2.71. The molecule has 6 nitrogen and oxygen atoms in total. The smallest absolute Gasteiger partial charge is 0.269 e. The number of unbranched alkanes of at least 4 members (excludes halogenated alkanes) is 7. The number of pyridine rings is 2. The maximum Gasteiger partial charge on any atom is 0.274 e. The summed E-state index contributed by atoms with van der Waals surface area (Å²) in [6.45, 7) is 0. The van der Waals surface area contributed by atoms with E-state index in [1.54, 1.807) is 9.35 Å². The van der Waals surface area contributed by atoms with Gasteiger partial charge in [-0.15, -0.1) is 10.9 Å². The lowest BCUT2D eigenvalue weighted by Crippen LogP contribution is -2.47. The normalized spacial score (nSPS) is 10.4. The van der Waals surface area contributed by atoms with Gasteiger partial charge in [0.2, 0.25) is 0 Å². The number of aromatic nitrogens is 2. The topological polar surface area (TPSA) is 66.0 Å². The minimum atomic E-state index is 0.0585. The fourth-order valence-corrected chi connectivity index (χ4v) is 2.98. The molecule has 2 rings (SSSR count). The van der Waals surface area contributed by atoms with Crippen LogP contribution in [0.5, 0.6) is 0 Å². The summed E-state index contributed by atoms with van der Waals surface area (Å²) < 4.78 is 3.36. The molecular weight excluding hydrogens is 352 g/mol. The fourth-order valence-electron chi connectivity index (χ4n) is 2.98. The molecule has 0 bridgehead atoms. The Bertz CT molecular complexity index is 631. The summed E-state index contributed by atoms with van der Waals surface area (Å²) in [5, 5.41) is 0. The van der Waals surface area contributed by atoms with Gasteiger partial charge in [0.25, 0.3) is 11.8 Å². The van der Waals surface area contributed by atoms with Gasteiger partial charge in [-0.05, 0) is 12.8 Å². The lowest BCUT2D eigenvalue weighted by Gasteiger charge is -2.03. The van der Waals surface area contributed by atoms with Gasteiger partial charge in [-0.1, -0.05) is 60.0 Å². The number of nitrogens with one attached hydrogen (secondary N) is 2. The Balaban J connectivity index is 1.37. The van der Waals surface area contributed by atoms with Crippen molar-refractivity contribution in [3.8, 4) is 0 Å². The molecule has 0 saturated heterocycles. The van der Waals surface area contributed by atoms with Crippen LogP contribution in [0.1, 0.15) is 64.2 Å². The first-order chi connectivity index (χ1) is 13.7. The maximum atomic E-state index is 11.8. The van der Waals surface area contributed by atoms with Crippen LogP contribution in [0, 0.1) is 0 Å². The van der Waals surface area contributed by atoms with Gasteiger partial charge in [-0.25, -0.2) is 0 Å². The molecule has 0 aromatic carbocycles.